The SMILES string of the molecule is COC(=O)N[C@H](C(=O)N1CCC[C@H]1C(=O)N[C@H](C(=O)Cn1cnnn1)C(C)C)C(C)C.[HH].[HH]. The van der Waals surface area contributed by atoms with Gasteiger partial charge in [-0.15, -0.1) is 5.10 Å². The smallest absolute Gasteiger partial charge is 0.407 e. The van der Waals surface area contributed by atoms with Crippen molar-refractivity contribution in [3.63, 3.8) is 0 Å². The summed E-state index contributed by atoms with van der Waals surface area (Å²) in [6.07, 6.45) is 1.75. The summed E-state index contributed by atoms with van der Waals surface area (Å²) in [4.78, 5) is 52.0. The van der Waals surface area contributed by atoms with E-state index < -0.39 is 30.1 Å². The minimum Gasteiger partial charge on any atom is -0.453 e. The topological polar surface area (TPSA) is 148 Å². The van der Waals surface area contributed by atoms with Crippen molar-refractivity contribution < 1.29 is 26.8 Å². The Bertz CT molecular complexity index is 792. The lowest BCUT2D eigenvalue weighted by Gasteiger charge is -2.31. The molecular formula is C19H35N7O5. The van der Waals surface area contributed by atoms with Crippen LogP contribution in [0.1, 0.15) is 43.4 Å². The molecule has 2 rings (SSSR count). The molecule has 31 heavy (non-hydrogen) atoms. The average Bonchev–Trinajstić information content (AvgIpc) is 3.40. The van der Waals surface area contributed by atoms with Gasteiger partial charge in [0.2, 0.25) is 11.8 Å². The van der Waals surface area contributed by atoms with E-state index in [4.69, 9.17) is 0 Å². The van der Waals surface area contributed by atoms with Crippen molar-refractivity contribution in [1.82, 2.24) is 35.7 Å². The van der Waals surface area contributed by atoms with E-state index in [9.17, 15) is 19.2 Å². The van der Waals surface area contributed by atoms with Crippen LogP contribution in [0, 0.1) is 11.8 Å². The lowest BCUT2D eigenvalue weighted by atomic mass is 9.98. The Morgan fingerprint density at radius 2 is 1.81 bits per heavy atom. The van der Waals surface area contributed by atoms with Gasteiger partial charge >= 0.3 is 6.09 Å². The monoisotopic (exact) mass is 441 g/mol. The van der Waals surface area contributed by atoms with Crippen LogP contribution >= 0.6 is 0 Å². The number of carbonyl (C=O) groups excluding carboxylic acids is 4. The number of ether oxygens (including phenoxy) is 1. The van der Waals surface area contributed by atoms with Gasteiger partial charge in [-0.3, -0.25) is 14.4 Å². The van der Waals surface area contributed by atoms with Gasteiger partial charge in [-0.05, 0) is 35.1 Å². The molecule has 0 saturated carbocycles. The normalized spacial score (nSPS) is 18.0. The van der Waals surface area contributed by atoms with Crippen molar-refractivity contribution in [3.05, 3.63) is 6.33 Å². The molecule has 0 spiro atoms. The van der Waals surface area contributed by atoms with Gasteiger partial charge in [0.05, 0.1) is 13.2 Å². The zero-order valence-corrected chi connectivity index (χ0v) is 18.6. The standard InChI is InChI=1S/C19H31N7O5.2H2/c1-11(2)15(14(27)9-25-10-20-23-24-25)21-17(28)13-7-6-8-26(13)18(29)16(12(3)4)22-19(30)31-5;;/h10-13,15-16H,6-9H2,1-5H3,(H,21,28)(H,22,30);2*1H/t13-,15-,16-;;/m0../s1. The number of rotatable bonds is 9. The molecule has 1 fully saturated rings. The van der Waals surface area contributed by atoms with E-state index in [0.717, 1.165) is 0 Å². The third-order valence-corrected chi connectivity index (χ3v) is 5.25. The first-order valence-electron chi connectivity index (χ1n) is 10.3. The summed E-state index contributed by atoms with van der Waals surface area (Å²) >= 11 is 0. The van der Waals surface area contributed by atoms with Gasteiger partial charge in [0.25, 0.3) is 0 Å². The Morgan fingerprint density at radius 3 is 2.35 bits per heavy atom. The second-order valence-corrected chi connectivity index (χ2v) is 8.25. The van der Waals surface area contributed by atoms with Crippen molar-refractivity contribution in [3.8, 4) is 0 Å². The van der Waals surface area contributed by atoms with Crippen LogP contribution in [0.2, 0.25) is 0 Å². The van der Waals surface area contributed by atoms with Crippen LogP contribution in [0.15, 0.2) is 6.33 Å². The van der Waals surface area contributed by atoms with E-state index in [2.05, 4.69) is 30.9 Å². The number of likely N-dealkylation sites (tertiary alicyclic amines) is 1. The second kappa shape index (κ2) is 10.8. The third-order valence-electron chi connectivity index (χ3n) is 5.25. The Kier molecular flexibility index (Phi) is 8.46. The first-order valence-corrected chi connectivity index (χ1v) is 10.3. The quantitative estimate of drug-likeness (QED) is 0.554. The second-order valence-electron chi connectivity index (χ2n) is 8.25. The number of hydrogen-bond donors (Lipinski definition) is 2. The molecule has 0 radical (unpaired) electrons. The van der Waals surface area contributed by atoms with E-state index >= 15 is 0 Å². The molecule has 0 aliphatic carbocycles. The molecule has 0 unspecified atom stereocenters. The molecule has 1 aliphatic heterocycles. The first kappa shape index (κ1) is 24.2. The molecule has 1 aromatic heterocycles. The lowest BCUT2D eigenvalue weighted by molar-refractivity contribution is -0.141. The number of tetrazole rings is 1. The van der Waals surface area contributed by atoms with Crippen molar-refractivity contribution in [1.29, 1.82) is 0 Å². The summed E-state index contributed by atoms with van der Waals surface area (Å²) in [5, 5.41) is 16.0. The van der Waals surface area contributed by atoms with Crippen molar-refractivity contribution in [2.75, 3.05) is 13.7 Å². The molecule has 2 heterocycles. The minimum absolute atomic E-state index is 0. The average molecular weight is 442 g/mol. The summed E-state index contributed by atoms with van der Waals surface area (Å²) < 4.78 is 5.91. The Hall–Kier alpha value is -3.05. The van der Waals surface area contributed by atoms with Gasteiger partial charge in [-0.25, -0.2) is 9.48 Å². The highest BCUT2D eigenvalue weighted by Gasteiger charge is 2.40. The molecule has 0 bridgehead atoms. The highest BCUT2D eigenvalue weighted by Crippen LogP contribution is 2.21. The molecule has 3 amide bonds. The van der Waals surface area contributed by atoms with Crippen molar-refractivity contribution >= 4 is 23.7 Å². The van der Waals surface area contributed by atoms with Crippen LogP contribution in [-0.4, -0.2) is 80.6 Å². The van der Waals surface area contributed by atoms with Gasteiger partial charge in [0.1, 0.15) is 25.0 Å². The van der Waals surface area contributed by atoms with E-state index in [-0.39, 0.29) is 32.9 Å². The van der Waals surface area contributed by atoms with Crippen LogP contribution in [0.5, 0.6) is 0 Å². The summed E-state index contributed by atoms with van der Waals surface area (Å²) in [5.41, 5.74) is 0. The van der Waals surface area contributed by atoms with E-state index in [0.29, 0.717) is 19.4 Å². The van der Waals surface area contributed by atoms with Gasteiger partial charge in [-0.1, -0.05) is 27.7 Å². The highest BCUT2D eigenvalue weighted by atomic mass is 16.5. The maximum atomic E-state index is 13.1. The van der Waals surface area contributed by atoms with E-state index in [1.807, 2.05) is 13.8 Å². The number of alkyl carbamates (subject to hydrolysis) is 1. The van der Waals surface area contributed by atoms with Crippen LogP contribution in [0.4, 0.5) is 4.79 Å². The van der Waals surface area contributed by atoms with E-state index in [1.165, 1.54) is 23.0 Å². The number of Topliss-reactive ketones (excluding diaryl/α,β-unsaturated/α-hetero) is 1. The van der Waals surface area contributed by atoms with Crippen LogP contribution in [0.25, 0.3) is 0 Å². The maximum Gasteiger partial charge on any atom is 0.407 e. The molecule has 2 N–H and O–H groups in total. The molecule has 12 heteroatoms. The predicted octanol–water partition coefficient (Wildman–Crippen LogP) is 0.247. The molecule has 1 aliphatic rings. The van der Waals surface area contributed by atoms with Crippen LogP contribution in [0.3, 0.4) is 0 Å². The maximum absolute atomic E-state index is 13.1. The Balaban J connectivity index is 0.00000512. The number of methoxy groups -OCH3 is 1. The lowest BCUT2D eigenvalue weighted by Crippen LogP contribution is -2.57. The number of nitrogens with zero attached hydrogens (tertiary/aromatic N) is 5. The number of ketones is 1. The molecule has 176 valence electrons. The highest BCUT2D eigenvalue weighted by molar-refractivity contribution is 5.94. The van der Waals surface area contributed by atoms with E-state index in [1.54, 1.807) is 13.8 Å². The molecule has 0 aromatic carbocycles. The molecule has 1 aromatic rings. The van der Waals surface area contributed by atoms with Crippen LogP contribution in [-0.2, 0) is 25.7 Å². The third kappa shape index (κ3) is 6.22. The zero-order chi connectivity index (χ0) is 23.1. The zero-order valence-electron chi connectivity index (χ0n) is 18.6. The fraction of sp³-hybridized carbons (Fsp3) is 0.737. The van der Waals surface area contributed by atoms with Gasteiger partial charge in [-0.2, -0.15) is 0 Å². The fourth-order valence-electron chi connectivity index (χ4n) is 3.56. The summed E-state index contributed by atoms with van der Waals surface area (Å²) in [6, 6.07) is -2.28. The molecule has 12 nitrogen and oxygen atoms in total. The van der Waals surface area contributed by atoms with Gasteiger partial charge in [0.15, 0.2) is 5.78 Å². The Morgan fingerprint density at radius 1 is 1.13 bits per heavy atom. The minimum atomic E-state index is -0.816. The number of amides is 3. The largest absolute Gasteiger partial charge is 0.453 e. The molecule has 3 atom stereocenters. The fourth-order valence-corrected chi connectivity index (χ4v) is 3.56. The predicted molar refractivity (Wildman–Crippen MR) is 113 cm³/mol. The Labute approximate surface area is 184 Å². The van der Waals surface area contributed by atoms with Gasteiger partial charge in [0, 0.05) is 9.40 Å². The first-order chi connectivity index (χ1) is 14.6. The van der Waals surface area contributed by atoms with Crippen molar-refractivity contribution in [2.24, 2.45) is 11.8 Å². The number of nitrogens with one attached hydrogen (secondary N) is 2. The number of hydrogen-bond acceptors (Lipinski definition) is 8. The summed E-state index contributed by atoms with van der Waals surface area (Å²) in [7, 11) is 1.22. The molecule has 1 saturated heterocycles. The summed E-state index contributed by atoms with van der Waals surface area (Å²) in [6.45, 7) is 7.59. The van der Waals surface area contributed by atoms with Crippen molar-refractivity contribution in [2.45, 2.75) is 65.2 Å². The summed E-state index contributed by atoms with van der Waals surface area (Å²) in [5.74, 6) is -1.34. The van der Waals surface area contributed by atoms with Crippen LogP contribution < -0.4 is 10.6 Å². The molecular weight excluding hydrogens is 406 g/mol. The number of carbonyl (C=O) groups is 4. The van der Waals surface area contributed by atoms with Gasteiger partial charge < -0.3 is 20.3 Å². The number of aromatic nitrogens is 4.